The molecule has 60 valence electrons. The molecule has 1 saturated heterocycles. The Hall–Kier alpha value is -0.830. The summed E-state index contributed by atoms with van der Waals surface area (Å²) in [5.41, 5.74) is 0. The van der Waals surface area contributed by atoms with E-state index in [0.717, 1.165) is 6.42 Å². The van der Waals surface area contributed by atoms with Crippen LogP contribution in [0.15, 0.2) is 12.2 Å². The molecule has 3 atom stereocenters. The third-order valence-corrected chi connectivity index (χ3v) is 2.39. The number of ether oxygens (including phenoxy) is 1. The summed E-state index contributed by atoms with van der Waals surface area (Å²) in [4.78, 5) is 11.1. The summed E-state index contributed by atoms with van der Waals surface area (Å²) in [6.07, 6.45) is 5.27. The van der Waals surface area contributed by atoms with E-state index < -0.39 is 0 Å². The Morgan fingerprint density at radius 3 is 2.91 bits per heavy atom. The summed E-state index contributed by atoms with van der Waals surface area (Å²) in [6, 6.07) is 0.319. The molecule has 0 aromatic carbocycles. The van der Waals surface area contributed by atoms with Crippen molar-refractivity contribution in [3.05, 3.63) is 12.2 Å². The van der Waals surface area contributed by atoms with E-state index >= 15 is 0 Å². The third-order valence-electron chi connectivity index (χ3n) is 2.39. The number of carbonyl (C=O) groups is 1. The zero-order valence-corrected chi connectivity index (χ0v) is 6.41. The van der Waals surface area contributed by atoms with Crippen molar-refractivity contribution in [2.75, 3.05) is 7.11 Å². The third kappa shape index (κ3) is 0.959. The lowest BCUT2D eigenvalue weighted by Crippen LogP contribution is -2.40. The van der Waals surface area contributed by atoms with E-state index in [2.05, 4.69) is 22.2 Å². The zero-order chi connectivity index (χ0) is 7.84. The van der Waals surface area contributed by atoms with Crippen LogP contribution in [0.2, 0.25) is 0 Å². The molecule has 0 unspecified atom stereocenters. The van der Waals surface area contributed by atoms with E-state index in [1.165, 1.54) is 7.11 Å². The molecule has 2 aliphatic rings. The smallest absolute Gasteiger partial charge is 0.323 e. The fraction of sp³-hybridized carbons (Fsp3) is 0.625. The maximum absolute atomic E-state index is 11.1. The topological polar surface area (TPSA) is 38.3 Å². The molecule has 0 aromatic heterocycles. The van der Waals surface area contributed by atoms with E-state index in [1.54, 1.807) is 0 Å². The zero-order valence-electron chi connectivity index (χ0n) is 6.41. The number of rotatable bonds is 1. The quantitative estimate of drug-likeness (QED) is 0.428. The van der Waals surface area contributed by atoms with Crippen LogP contribution in [-0.4, -0.2) is 25.2 Å². The van der Waals surface area contributed by atoms with Gasteiger partial charge in [0, 0.05) is 12.0 Å². The molecule has 3 heteroatoms. The molecule has 1 heterocycles. The van der Waals surface area contributed by atoms with Gasteiger partial charge in [0.05, 0.1) is 7.11 Å². The number of methoxy groups -OCH3 is 1. The van der Waals surface area contributed by atoms with Gasteiger partial charge >= 0.3 is 5.97 Å². The van der Waals surface area contributed by atoms with Crippen molar-refractivity contribution in [1.82, 2.24) is 5.32 Å². The van der Waals surface area contributed by atoms with E-state index in [4.69, 9.17) is 0 Å². The highest BCUT2D eigenvalue weighted by molar-refractivity contribution is 5.77. The first kappa shape index (κ1) is 6.85. The Morgan fingerprint density at radius 2 is 2.45 bits per heavy atom. The van der Waals surface area contributed by atoms with Crippen LogP contribution in [0.1, 0.15) is 6.42 Å². The van der Waals surface area contributed by atoms with E-state index in [1.807, 2.05) is 0 Å². The fourth-order valence-electron chi connectivity index (χ4n) is 1.82. The fourth-order valence-corrected chi connectivity index (χ4v) is 1.82. The average Bonchev–Trinajstić information content (AvgIpc) is 2.62. The Labute approximate surface area is 65.4 Å². The molecular weight excluding hydrogens is 142 g/mol. The van der Waals surface area contributed by atoms with Gasteiger partial charge in [-0.05, 0) is 6.42 Å². The van der Waals surface area contributed by atoms with E-state index in [0.29, 0.717) is 12.0 Å². The summed E-state index contributed by atoms with van der Waals surface area (Å²) >= 11 is 0. The van der Waals surface area contributed by atoms with Crippen molar-refractivity contribution in [1.29, 1.82) is 0 Å². The highest BCUT2D eigenvalue weighted by atomic mass is 16.5. The number of nitrogens with one attached hydrogen (secondary N) is 1. The molecule has 2 rings (SSSR count). The molecule has 11 heavy (non-hydrogen) atoms. The van der Waals surface area contributed by atoms with E-state index in [9.17, 15) is 4.79 Å². The Morgan fingerprint density at radius 1 is 1.64 bits per heavy atom. The summed E-state index contributed by atoms with van der Waals surface area (Å²) < 4.78 is 4.65. The van der Waals surface area contributed by atoms with Crippen LogP contribution in [0.4, 0.5) is 0 Å². The molecule has 1 aliphatic carbocycles. The summed E-state index contributed by atoms with van der Waals surface area (Å²) in [5, 5.41) is 3.18. The monoisotopic (exact) mass is 153 g/mol. The van der Waals surface area contributed by atoms with Crippen LogP contribution >= 0.6 is 0 Å². The summed E-state index contributed by atoms with van der Waals surface area (Å²) in [7, 11) is 1.43. The van der Waals surface area contributed by atoms with Gasteiger partial charge < -0.3 is 4.74 Å². The number of esters is 1. The number of carbonyl (C=O) groups excluding carboxylic acids is 1. The molecule has 1 aliphatic heterocycles. The van der Waals surface area contributed by atoms with Gasteiger partial charge in [-0.3, -0.25) is 10.1 Å². The highest BCUT2D eigenvalue weighted by Crippen LogP contribution is 2.29. The van der Waals surface area contributed by atoms with Crippen LogP contribution in [0.3, 0.4) is 0 Å². The Kier molecular flexibility index (Phi) is 1.46. The van der Waals surface area contributed by atoms with Crippen molar-refractivity contribution in [3.63, 3.8) is 0 Å². The number of fused-ring (bicyclic) bond motifs is 2. The molecule has 1 N–H and O–H groups in total. The van der Waals surface area contributed by atoms with Gasteiger partial charge in [-0.15, -0.1) is 0 Å². The van der Waals surface area contributed by atoms with Crippen molar-refractivity contribution in [3.8, 4) is 0 Å². The summed E-state index contributed by atoms with van der Waals surface area (Å²) in [6.45, 7) is 0. The van der Waals surface area contributed by atoms with Crippen LogP contribution in [0, 0.1) is 5.92 Å². The second-order valence-electron chi connectivity index (χ2n) is 3.06. The SMILES string of the molecule is COC(=O)[C@H]1N[C@H]2C=C[C@H]1C2. The van der Waals surface area contributed by atoms with Gasteiger partial charge in [-0.2, -0.15) is 0 Å². The van der Waals surface area contributed by atoms with Gasteiger partial charge in [-0.25, -0.2) is 0 Å². The standard InChI is InChI=1S/C8H11NO2/c1-11-8(10)7-5-2-3-6(4-5)9-7/h2-3,5-7,9H,4H2,1H3/t5-,6-,7-/m0/s1. The molecule has 0 radical (unpaired) electrons. The molecule has 3 nitrogen and oxygen atoms in total. The highest BCUT2D eigenvalue weighted by Gasteiger charge is 2.39. The second kappa shape index (κ2) is 2.34. The minimum Gasteiger partial charge on any atom is -0.468 e. The summed E-state index contributed by atoms with van der Waals surface area (Å²) in [5.74, 6) is 0.231. The van der Waals surface area contributed by atoms with Crippen LogP contribution in [0.5, 0.6) is 0 Å². The molecular formula is C8H11NO2. The van der Waals surface area contributed by atoms with Crippen molar-refractivity contribution >= 4 is 5.97 Å². The van der Waals surface area contributed by atoms with Crippen LogP contribution < -0.4 is 5.32 Å². The minimum absolute atomic E-state index is 0.0880. The second-order valence-corrected chi connectivity index (χ2v) is 3.06. The van der Waals surface area contributed by atoms with Gasteiger partial charge in [0.2, 0.25) is 0 Å². The molecule has 0 amide bonds. The normalized spacial score (nSPS) is 39.5. The average molecular weight is 153 g/mol. The predicted molar refractivity (Wildman–Crippen MR) is 40.0 cm³/mol. The lowest BCUT2D eigenvalue weighted by Gasteiger charge is -2.15. The van der Waals surface area contributed by atoms with Crippen molar-refractivity contribution < 1.29 is 9.53 Å². The van der Waals surface area contributed by atoms with Gasteiger partial charge in [0.15, 0.2) is 0 Å². The maximum atomic E-state index is 11.1. The molecule has 0 saturated carbocycles. The number of hydrogen-bond acceptors (Lipinski definition) is 3. The predicted octanol–water partition coefficient (Wildman–Crippen LogP) is 0.0759. The van der Waals surface area contributed by atoms with Crippen LogP contribution in [-0.2, 0) is 9.53 Å². The van der Waals surface area contributed by atoms with Crippen molar-refractivity contribution in [2.45, 2.75) is 18.5 Å². The molecule has 2 bridgehead atoms. The van der Waals surface area contributed by atoms with Gasteiger partial charge in [0.1, 0.15) is 6.04 Å². The van der Waals surface area contributed by atoms with E-state index in [-0.39, 0.29) is 12.0 Å². The van der Waals surface area contributed by atoms with Gasteiger partial charge in [0.25, 0.3) is 0 Å². The minimum atomic E-state index is -0.137. The first-order chi connectivity index (χ1) is 5.31. The largest absolute Gasteiger partial charge is 0.468 e. The van der Waals surface area contributed by atoms with Crippen LogP contribution in [0.25, 0.3) is 0 Å². The lowest BCUT2D eigenvalue weighted by molar-refractivity contribution is -0.143. The molecule has 1 fully saturated rings. The first-order valence-corrected chi connectivity index (χ1v) is 3.83. The Balaban J connectivity index is 2.08. The maximum Gasteiger partial charge on any atom is 0.323 e. The molecule has 0 spiro atoms. The van der Waals surface area contributed by atoms with Gasteiger partial charge in [-0.1, -0.05) is 12.2 Å². The molecule has 0 aromatic rings. The van der Waals surface area contributed by atoms with Crippen molar-refractivity contribution in [2.24, 2.45) is 5.92 Å². The Bertz CT molecular complexity index is 212. The first-order valence-electron chi connectivity index (χ1n) is 3.83. The lowest BCUT2D eigenvalue weighted by atomic mass is 10.0. The number of hydrogen-bond donors (Lipinski definition) is 1.